The van der Waals surface area contributed by atoms with E-state index in [0.717, 1.165) is 31.4 Å². The first kappa shape index (κ1) is 20.2. The minimum Gasteiger partial charge on any atom is -0.325 e. The van der Waals surface area contributed by atoms with Crippen LogP contribution in [0.5, 0.6) is 0 Å². The Hall–Kier alpha value is -1.57. The quantitative estimate of drug-likeness (QED) is 0.543. The number of halogens is 2. The van der Waals surface area contributed by atoms with Crippen molar-refractivity contribution >= 4 is 63.3 Å². The Balaban J connectivity index is 1.57. The Kier molecular flexibility index (Phi) is 7.15. The summed E-state index contributed by atoms with van der Waals surface area (Å²) >= 11 is 13.2. The summed E-state index contributed by atoms with van der Waals surface area (Å²) in [5.41, 5.74) is 1.50. The van der Waals surface area contributed by atoms with Crippen LogP contribution in [0.25, 0.3) is 0 Å². The van der Waals surface area contributed by atoms with Crippen LogP contribution in [0.4, 0.5) is 5.69 Å². The molecule has 2 N–H and O–H groups in total. The maximum absolute atomic E-state index is 12.3. The molecule has 0 spiro atoms. The van der Waals surface area contributed by atoms with Crippen molar-refractivity contribution in [3.05, 3.63) is 28.2 Å². The fourth-order valence-corrected chi connectivity index (χ4v) is 4.16. The minimum absolute atomic E-state index is 0.00886. The number of rotatable bonds is 4. The van der Waals surface area contributed by atoms with Gasteiger partial charge in [-0.05, 0) is 43.9 Å². The summed E-state index contributed by atoms with van der Waals surface area (Å²) in [5.74, 6) is -0.560. The van der Waals surface area contributed by atoms with Gasteiger partial charge in [-0.3, -0.25) is 9.59 Å². The number of nitrogens with zero attached hydrogens (tertiary/aromatic N) is 2. The van der Waals surface area contributed by atoms with Gasteiger partial charge in [0.1, 0.15) is 5.25 Å². The van der Waals surface area contributed by atoms with Gasteiger partial charge in [0, 0.05) is 17.2 Å². The number of nitrogens with one attached hydrogen (secondary N) is 2. The van der Waals surface area contributed by atoms with E-state index in [4.69, 9.17) is 23.2 Å². The van der Waals surface area contributed by atoms with Gasteiger partial charge in [-0.2, -0.15) is 5.10 Å². The van der Waals surface area contributed by atoms with E-state index in [9.17, 15) is 9.59 Å². The molecule has 1 heterocycles. The van der Waals surface area contributed by atoms with E-state index >= 15 is 0 Å². The van der Waals surface area contributed by atoms with E-state index in [-0.39, 0.29) is 18.2 Å². The Labute approximate surface area is 172 Å². The van der Waals surface area contributed by atoms with Crippen LogP contribution in [-0.2, 0) is 9.59 Å². The van der Waals surface area contributed by atoms with Crippen LogP contribution >= 0.6 is 35.0 Å². The number of thioether (sulfide) groups is 1. The van der Waals surface area contributed by atoms with Crippen LogP contribution < -0.4 is 10.6 Å². The molecule has 6 nitrogen and oxygen atoms in total. The summed E-state index contributed by atoms with van der Waals surface area (Å²) in [4.78, 5) is 24.4. The Morgan fingerprint density at radius 3 is 2.67 bits per heavy atom. The molecule has 1 atom stereocenters. The lowest BCUT2D eigenvalue weighted by Crippen LogP contribution is -2.28. The zero-order valence-electron chi connectivity index (χ0n) is 14.6. The van der Waals surface area contributed by atoms with Gasteiger partial charge in [-0.15, -0.1) is 5.10 Å². The standard InChI is InChI=1S/C18H20Cl2N4O2S/c19-11-7-8-13(20)14(9-11)21-16(25)10-15-17(26)22-18(27-15)24-23-12-5-3-1-2-4-6-12/h7-9,15H,1-6,10H2,(H,21,25)(H,22,24,26)/t15-/m1/s1. The smallest absolute Gasteiger partial charge is 0.240 e. The summed E-state index contributed by atoms with van der Waals surface area (Å²) in [6.07, 6.45) is 6.66. The number of amidine groups is 1. The maximum atomic E-state index is 12.3. The van der Waals surface area contributed by atoms with Crippen molar-refractivity contribution in [3.63, 3.8) is 0 Å². The molecule has 1 aromatic rings. The summed E-state index contributed by atoms with van der Waals surface area (Å²) in [7, 11) is 0. The first-order valence-corrected chi connectivity index (χ1v) is 10.5. The molecule has 2 amide bonds. The highest BCUT2D eigenvalue weighted by Gasteiger charge is 2.32. The fourth-order valence-electron chi connectivity index (χ4n) is 2.90. The average Bonchev–Trinajstić information content (AvgIpc) is 2.83. The van der Waals surface area contributed by atoms with Gasteiger partial charge in [0.05, 0.1) is 10.7 Å². The van der Waals surface area contributed by atoms with Crippen LogP contribution in [0.3, 0.4) is 0 Å². The number of carbonyl (C=O) groups is 2. The highest BCUT2D eigenvalue weighted by Crippen LogP contribution is 2.27. The number of hydrogen-bond acceptors (Lipinski definition) is 5. The molecule has 1 saturated carbocycles. The van der Waals surface area contributed by atoms with Gasteiger partial charge in [0.2, 0.25) is 11.8 Å². The second kappa shape index (κ2) is 9.57. The Morgan fingerprint density at radius 1 is 1.19 bits per heavy atom. The zero-order chi connectivity index (χ0) is 19.2. The van der Waals surface area contributed by atoms with Crippen molar-refractivity contribution in [2.45, 2.75) is 50.2 Å². The van der Waals surface area contributed by atoms with Crippen LogP contribution in [0, 0.1) is 0 Å². The molecule has 1 aromatic carbocycles. The Morgan fingerprint density at radius 2 is 1.93 bits per heavy atom. The van der Waals surface area contributed by atoms with E-state index in [1.807, 2.05) is 0 Å². The third kappa shape index (κ3) is 5.96. The van der Waals surface area contributed by atoms with Gasteiger partial charge in [-0.1, -0.05) is 47.8 Å². The fraction of sp³-hybridized carbons (Fsp3) is 0.444. The second-order valence-electron chi connectivity index (χ2n) is 6.46. The predicted molar refractivity (Wildman–Crippen MR) is 112 cm³/mol. The molecule has 27 heavy (non-hydrogen) atoms. The molecule has 0 aromatic heterocycles. The summed E-state index contributed by atoms with van der Waals surface area (Å²) in [5, 5.41) is 14.6. The summed E-state index contributed by atoms with van der Waals surface area (Å²) in [6, 6.07) is 4.81. The van der Waals surface area contributed by atoms with Crippen molar-refractivity contribution in [3.8, 4) is 0 Å². The highest BCUT2D eigenvalue weighted by molar-refractivity contribution is 8.15. The van der Waals surface area contributed by atoms with Crippen LogP contribution in [0.2, 0.25) is 10.0 Å². The molecule has 0 bridgehead atoms. The Bertz CT molecular complexity index is 788. The summed E-state index contributed by atoms with van der Waals surface area (Å²) in [6.45, 7) is 0. The van der Waals surface area contributed by atoms with Crippen molar-refractivity contribution in [2.75, 3.05) is 5.32 Å². The number of benzene rings is 1. The van der Waals surface area contributed by atoms with Gasteiger partial charge in [-0.25, -0.2) is 0 Å². The molecule has 9 heteroatoms. The number of anilines is 1. The highest BCUT2D eigenvalue weighted by atomic mass is 35.5. The largest absolute Gasteiger partial charge is 0.325 e. The minimum atomic E-state index is -0.545. The lowest BCUT2D eigenvalue weighted by Gasteiger charge is -2.09. The molecule has 0 unspecified atom stereocenters. The number of hydrogen-bond donors (Lipinski definition) is 2. The van der Waals surface area contributed by atoms with E-state index < -0.39 is 5.25 Å². The van der Waals surface area contributed by atoms with Crippen LogP contribution in [0.1, 0.15) is 44.9 Å². The molecule has 1 aliphatic heterocycles. The molecule has 3 rings (SSSR count). The van der Waals surface area contributed by atoms with Gasteiger partial charge >= 0.3 is 0 Å². The van der Waals surface area contributed by atoms with Gasteiger partial charge in [0.15, 0.2) is 5.17 Å². The van der Waals surface area contributed by atoms with Crippen LogP contribution in [-0.4, -0.2) is 27.9 Å². The van der Waals surface area contributed by atoms with Gasteiger partial charge in [0.25, 0.3) is 0 Å². The topological polar surface area (TPSA) is 82.9 Å². The monoisotopic (exact) mass is 426 g/mol. The number of carbonyl (C=O) groups excluding carboxylic acids is 2. The maximum Gasteiger partial charge on any atom is 0.240 e. The van der Waals surface area contributed by atoms with E-state index in [1.165, 1.54) is 24.6 Å². The lowest BCUT2D eigenvalue weighted by atomic mass is 10.2. The van der Waals surface area contributed by atoms with E-state index in [0.29, 0.717) is 20.9 Å². The first-order valence-electron chi connectivity index (χ1n) is 8.87. The second-order valence-corrected chi connectivity index (χ2v) is 8.49. The molecule has 1 saturated heterocycles. The molecule has 1 aliphatic carbocycles. The van der Waals surface area contributed by atoms with Crippen molar-refractivity contribution < 1.29 is 9.59 Å². The van der Waals surface area contributed by atoms with E-state index in [1.54, 1.807) is 18.2 Å². The zero-order valence-corrected chi connectivity index (χ0v) is 17.0. The van der Waals surface area contributed by atoms with Crippen molar-refractivity contribution in [1.29, 1.82) is 0 Å². The van der Waals surface area contributed by atoms with Crippen molar-refractivity contribution in [2.24, 2.45) is 10.2 Å². The molecular weight excluding hydrogens is 407 g/mol. The number of amides is 2. The van der Waals surface area contributed by atoms with Gasteiger partial charge < -0.3 is 10.6 Å². The molecule has 144 valence electrons. The average molecular weight is 427 g/mol. The first-order chi connectivity index (χ1) is 13.0. The normalized spacial score (nSPS) is 21.7. The summed E-state index contributed by atoms with van der Waals surface area (Å²) < 4.78 is 0. The molecular formula is C18H20Cl2N4O2S. The SMILES string of the molecule is O=C(C[C@H]1S/C(=N/N=C2CCCCCC2)NC1=O)Nc1cc(Cl)ccc1Cl. The lowest BCUT2D eigenvalue weighted by molar-refractivity contribution is -0.122. The molecule has 2 fully saturated rings. The third-order valence-electron chi connectivity index (χ3n) is 4.31. The van der Waals surface area contributed by atoms with E-state index in [2.05, 4.69) is 20.8 Å². The third-order valence-corrected chi connectivity index (χ3v) is 5.95. The predicted octanol–water partition coefficient (Wildman–Crippen LogP) is 4.62. The van der Waals surface area contributed by atoms with Crippen molar-refractivity contribution in [1.82, 2.24) is 5.32 Å². The molecule has 0 radical (unpaired) electrons. The van der Waals surface area contributed by atoms with Crippen LogP contribution in [0.15, 0.2) is 28.4 Å². The molecule has 2 aliphatic rings.